The van der Waals surface area contributed by atoms with Crippen LogP contribution in [0.5, 0.6) is 17.2 Å². The number of fused-ring (bicyclic) bond motifs is 1. The summed E-state index contributed by atoms with van der Waals surface area (Å²) in [6, 6.07) is 22.9. The van der Waals surface area contributed by atoms with Crippen molar-refractivity contribution in [3.8, 4) is 17.2 Å². The Morgan fingerprint density at radius 1 is 1.03 bits per heavy atom. The van der Waals surface area contributed by atoms with Gasteiger partial charge in [-0.2, -0.15) is 0 Å². The van der Waals surface area contributed by atoms with Gasteiger partial charge in [0.25, 0.3) is 5.91 Å². The van der Waals surface area contributed by atoms with Crippen molar-refractivity contribution >= 4 is 5.91 Å². The molecule has 0 spiro atoms. The first kappa shape index (κ1) is 18.9. The van der Waals surface area contributed by atoms with Gasteiger partial charge in [-0.1, -0.05) is 48.5 Å². The Morgan fingerprint density at radius 3 is 2.66 bits per heavy atom. The Kier molecular flexibility index (Phi) is 5.66. The normalized spacial score (nSPS) is 15.0. The molecule has 4 rings (SSSR count). The number of ether oxygens (including phenoxy) is 3. The van der Waals surface area contributed by atoms with E-state index in [0.717, 1.165) is 23.3 Å². The summed E-state index contributed by atoms with van der Waals surface area (Å²) in [5.74, 6) is 1.80. The lowest BCUT2D eigenvalue weighted by atomic mass is 10.00. The highest BCUT2D eigenvalue weighted by molar-refractivity contribution is 5.95. The second-order valence-electron chi connectivity index (χ2n) is 6.84. The fraction of sp³-hybridized carbons (Fsp3) is 0.208. The van der Waals surface area contributed by atoms with Gasteiger partial charge in [-0.15, -0.1) is 0 Å². The summed E-state index contributed by atoms with van der Waals surface area (Å²) >= 11 is 0. The van der Waals surface area contributed by atoms with Crippen molar-refractivity contribution in [3.05, 3.63) is 89.5 Å². The van der Waals surface area contributed by atoms with Crippen LogP contribution < -0.4 is 19.5 Å². The number of carbonyl (C=O) groups is 1. The minimum atomic E-state index is -0.153. The van der Waals surface area contributed by atoms with Crippen LogP contribution in [0.2, 0.25) is 0 Å². The van der Waals surface area contributed by atoms with Gasteiger partial charge in [-0.25, -0.2) is 0 Å². The van der Waals surface area contributed by atoms with E-state index in [-0.39, 0.29) is 11.9 Å². The first-order chi connectivity index (χ1) is 14.2. The van der Waals surface area contributed by atoms with Crippen LogP contribution in [-0.2, 0) is 6.61 Å². The van der Waals surface area contributed by atoms with Crippen LogP contribution in [0.1, 0.15) is 33.9 Å². The fourth-order valence-corrected chi connectivity index (χ4v) is 3.40. The zero-order chi connectivity index (χ0) is 20.1. The predicted octanol–water partition coefficient (Wildman–Crippen LogP) is 4.53. The molecule has 1 heterocycles. The molecule has 0 fully saturated rings. The summed E-state index contributed by atoms with van der Waals surface area (Å²) in [6.45, 7) is 1.01. The van der Waals surface area contributed by atoms with Crippen LogP contribution in [0.15, 0.2) is 72.8 Å². The molecule has 0 aromatic heterocycles. The summed E-state index contributed by atoms with van der Waals surface area (Å²) in [6.07, 6.45) is 0.734. The van der Waals surface area contributed by atoms with E-state index in [2.05, 4.69) is 5.32 Å². The van der Waals surface area contributed by atoms with Crippen molar-refractivity contribution in [1.82, 2.24) is 5.32 Å². The average molecular weight is 389 g/mol. The van der Waals surface area contributed by atoms with Crippen LogP contribution in [0.25, 0.3) is 0 Å². The van der Waals surface area contributed by atoms with Gasteiger partial charge in [0.1, 0.15) is 12.4 Å². The summed E-state index contributed by atoms with van der Waals surface area (Å²) in [4.78, 5) is 12.8. The molecule has 5 nitrogen and oxygen atoms in total. The van der Waals surface area contributed by atoms with Gasteiger partial charge in [-0.05, 0) is 29.8 Å². The predicted molar refractivity (Wildman–Crippen MR) is 111 cm³/mol. The van der Waals surface area contributed by atoms with E-state index in [1.807, 2.05) is 54.6 Å². The topological polar surface area (TPSA) is 56.8 Å². The van der Waals surface area contributed by atoms with Crippen molar-refractivity contribution in [2.24, 2.45) is 0 Å². The molecule has 1 aliphatic heterocycles. The first-order valence-electron chi connectivity index (χ1n) is 9.62. The zero-order valence-electron chi connectivity index (χ0n) is 16.3. The molecular formula is C24H23NO4. The van der Waals surface area contributed by atoms with Crippen molar-refractivity contribution in [2.75, 3.05) is 13.7 Å². The van der Waals surface area contributed by atoms with Crippen molar-refractivity contribution in [3.63, 3.8) is 0 Å². The third kappa shape index (κ3) is 4.35. The molecule has 0 aliphatic carbocycles. The number of nitrogens with one attached hydrogen (secondary N) is 1. The molecule has 0 saturated heterocycles. The lowest BCUT2D eigenvalue weighted by Gasteiger charge is -2.26. The van der Waals surface area contributed by atoms with Crippen LogP contribution in [-0.4, -0.2) is 19.6 Å². The molecule has 5 heteroatoms. The highest BCUT2D eigenvalue weighted by Gasteiger charge is 2.23. The highest BCUT2D eigenvalue weighted by atomic mass is 16.5. The van der Waals surface area contributed by atoms with Gasteiger partial charge >= 0.3 is 0 Å². The van der Waals surface area contributed by atoms with Gasteiger partial charge in [0.05, 0.1) is 19.8 Å². The van der Waals surface area contributed by atoms with Crippen molar-refractivity contribution in [1.29, 1.82) is 0 Å². The Hall–Kier alpha value is -3.47. The minimum Gasteiger partial charge on any atom is -0.493 e. The summed E-state index contributed by atoms with van der Waals surface area (Å²) < 4.78 is 17.0. The van der Waals surface area contributed by atoms with Crippen LogP contribution in [0.3, 0.4) is 0 Å². The molecule has 1 aliphatic rings. The van der Waals surface area contributed by atoms with Gasteiger partial charge in [0, 0.05) is 17.5 Å². The molecule has 1 amide bonds. The monoisotopic (exact) mass is 389 g/mol. The number of para-hydroxylation sites is 1. The van der Waals surface area contributed by atoms with E-state index in [1.165, 1.54) is 0 Å². The number of hydrogen-bond acceptors (Lipinski definition) is 4. The van der Waals surface area contributed by atoms with Crippen LogP contribution in [0, 0.1) is 0 Å². The van der Waals surface area contributed by atoms with E-state index in [9.17, 15) is 4.79 Å². The Balaban J connectivity index is 1.47. The van der Waals surface area contributed by atoms with Gasteiger partial charge in [0.15, 0.2) is 11.5 Å². The number of methoxy groups -OCH3 is 1. The Morgan fingerprint density at radius 2 is 1.83 bits per heavy atom. The second-order valence-corrected chi connectivity index (χ2v) is 6.84. The number of carbonyl (C=O) groups excluding carboxylic acids is 1. The fourth-order valence-electron chi connectivity index (χ4n) is 3.40. The summed E-state index contributed by atoms with van der Waals surface area (Å²) in [7, 11) is 1.57. The molecule has 3 aromatic rings. The third-order valence-electron chi connectivity index (χ3n) is 4.93. The maximum atomic E-state index is 12.8. The first-order valence-corrected chi connectivity index (χ1v) is 9.62. The van der Waals surface area contributed by atoms with Gasteiger partial charge in [0.2, 0.25) is 0 Å². The molecule has 0 radical (unpaired) electrons. The second kappa shape index (κ2) is 8.69. The number of amides is 1. The Bertz CT molecular complexity index is 987. The van der Waals surface area contributed by atoms with E-state index in [1.54, 1.807) is 25.3 Å². The number of benzene rings is 3. The van der Waals surface area contributed by atoms with Crippen molar-refractivity contribution < 1.29 is 19.0 Å². The maximum Gasteiger partial charge on any atom is 0.251 e. The molecule has 1 N–H and O–H groups in total. The highest BCUT2D eigenvalue weighted by Crippen LogP contribution is 2.33. The molecular weight excluding hydrogens is 366 g/mol. The zero-order valence-corrected chi connectivity index (χ0v) is 16.3. The van der Waals surface area contributed by atoms with E-state index in [0.29, 0.717) is 30.3 Å². The molecule has 3 aromatic carbocycles. The summed E-state index contributed by atoms with van der Waals surface area (Å²) in [5.41, 5.74) is 2.59. The summed E-state index contributed by atoms with van der Waals surface area (Å²) in [5, 5.41) is 3.10. The number of hydrogen-bond donors (Lipinski definition) is 1. The quantitative estimate of drug-likeness (QED) is 0.673. The molecule has 148 valence electrons. The van der Waals surface area contributed by atoms with E-state index in [4.69, 9.17) is 14.2 Å². The third-order valence-corrected chi connectivity index (χ3v) is 4.93. The Labute approximate surface area is 170 Å². The largest absolute Gasteiger partial charge is 0.493 e. The van der Waals surface area contributed by atoms with Gasteiger partial charge in [-0.3, -0.25) is 4.79 Å². The lowest BCUT2D eigenvalue weighted by molar-refractivity contribution is 0.0924. The van der Waals surface area contributed by atoms with E-state index >= 15 is 0 Å². The average Bonchev–Trinajstić information content (AvgIpc) is 2.78. The maximum absolute atomic E-state index is 12.8. The molecule has 29 heavy (non-hydrogen) atoms. The molecule has 0 saturated carbocycles. The molecule has 1 atom stereocenters. The van der Waals surface area contributed by atoms with Crippen LogP contribution >= 0.6 is 0 Å². The number of rotatable bonds is 6. The van der Waals surface area contributed by atoms with Crippen LogP contribution in [0.4, 0.5) is 0 Å². The minimum absolute atomic E-state index is 0.0764. The molecule has 0 bridgehead atoms. The SMILES string of the molecule is COc1cc(C(=O)N[C@H]2CCOc3ccccc32)ccc1OCc1ccccc1. The molecule has 0 unspecified atom stereocenters. The van der Waals surface area contributed by atoms with E-state index < -0.39 is 0 Å². The standard InChI is InChI=1S/C24H23NO4/c1-27-23-15-18(11-12-22(23)29-16-17-7-3-2-4-8-17)24(26)25-20-13-14-28-21-10-6-5-9-19(20)21/h2-12,15,20H,13-14,16H2,1H3,(H,25,26)/t20-/m0/s1. The van der Waals surface area contributed by atoms with Crippen molar-refractivity contribution in [2.45, 2.75) is 19.1 Å². The van der Waals surface area contributed by atoms with Gasteiger partial charge < -0.3 is 19.5 Å². The lowest BCUT2D eigenvalue weighted by Crippen LogP contribution is -2.32. The smallest absolute Gasteiger partial charge is 0.251 e.